The Balaban J connectivity index is 1.63. The predicted octanol–water partition coefficient (Wildman–Crippen LogP) is 6.55. The third-order valence-corrected chi connectivity index (χ3v) is 6.73. The normalized spacial score (nSPS) is 15.1. The monoisotopic (exact) mass is 471 g/mol. The third kappa shape index (κ3) is 6.07. The maximum absolute atomic E-state index is 13.5. The van der Waals surface area contributed by atoms with Gasteiger partial charge in [-0.15, -0.1) is 0 Å². The van der Waals surface area contributed by atoms with E-state index in [1.807, 2.05) is 18.2 Å². The number of aryl methyl sites for hydroxylation is 1. The number of hydrogen-bond donors (Lipinski definition) is 2. The SMILES string of the molecule is CC(C)(C)c1ccc(CC(NC(=O)c2cccc3c2C=CCCC3)C(O)c2ccc(F)cc2)cc1. The summed E-state index contributed by atoms with van der Waals surface area (Å²) in [6.45, 7) is 6.50. The lowest BCUT2D eigenvalue weighted by Gasteiger charge is -2.26. The fourth-order valence-electron chi connectivity index (χ4n) is 4.61. The quantitative estimate of drug-likeness (QED) is 0.428. The summed E-state index contributed by atoms with van der Waals surface area (Å²) in [5, 5.41) is 14.3. The number of rotatable bonds is 6. The molecule has 4 rings (SSSR count). The summed E-state index contributed by atoms with van der Waals surface area (Å²) in [6.07, 6.45) is 6.60. The molecule has 0 spiro atoms. The number of allylic oxidation sites excluding steroid dienone is 1. The third-order valence-electron chi connectivity index (χ3n) is 6.73. The van der Waals surface area contributed by atoms with E-state index in [1.165, 1.54) is 23.3 Å². The summed E-state index contributed by atoms with van der Waals surface area (Å²) in [5.41, 5.74) is 5.57. The van der Waals surface area contributed by atoms with Crippen molar-refractivity contribution in [2.45, 2.75) is 64.0 Å². The van der Waals surface area contributed by atoms with Crippen LogP contribution in [-0.2, 0) is 18.3 Å². The number of nitrogens with one attached hydrogen (secondary N) is 1. The fraction of sp³-hybridized carbons (Fsp3) is 0.323. The van der Waals surface area contributed by atoms with Gasteiger partial charge in [0.25, 0.3) is 5.91 Å². The Kier molecular flexibility index (Phi) is 7.51. The average molecular weight is 472 g/mol. The second-order valence-electron chi connectivity index (χ2n) is 10.4. The number of carbonyl (C=O) groups is 1. The summed E-state index contributed by atoms with van der Waals surface area (Å²) in [4.78, 5) is 13.5. The van der Waals surface area contributed by atoms with Gasteiger partial charge in [-0.1, -0.05) is 81.5 Å². The number of halogens is 1. The van der Waals surface area contributed by atoms with Crippen LogP contribution in [0.1, 0.15) is 77.9 Å². The van der Waals surface area contributed by atoms with E-state index in [0.717, 1.165) is 30.4 Å². The number of benzene rings is 3. The maximum Gasteiger partial charge on any atom is 0.252 e. The number of amides is 1. The second-order valence-corrected chi connectivity index (χ2v) is 10.4. The Bertz CT molecular complexity index is 1190. The van der Waals surface area contributed by atoms with E-state index in [1.54, 1.807) is 12.1 Å². The summed E-state index contributed by atoms with van der Waals surface area (Å²) in [5.74, 6) is -0.580. The molecule has 0 radical (unpaired) electrons. The van der Waals surface area contributed by atoms with Crippen molar-refractivity contribution in [1.29, 1.82) is 0 Å². The summed E-state index contributed by atoms with van der Waals surface area (Å²) in [6, 6.07) is 19.3. The van der Waals surface area contributed by atoms with Gasteiger partial charge >= 0.3 is 0 Å². The number of hydrogen-bond acceptors (Lipinski definition) is 2. The van der Waals surface area contributed by atoms with Crippen LogP contribution in [0.2, 0.25) is 0 Å². The zero-order valence-electron chi connectivity index (χ0n) is 20.7. The van der Waals surface area contributed by atoms with Gasteiger partial charge in [-0.3, -0.25) is 4.79 Å². The molecule has 0 heterocycles. The van der Waals surface area contributed by atoms with E-state index in [0.29, 0.717) is 17.5 Å². The molecule has 2 unspecified atom stereocenters. The molecule has 0 aliphatic heterocycles. The van der Waals surface area contributed by atoms with E-state index in [4.69, 9.17) is 0 Å². The van der Waals surface area contributed by atoms with Gasteiger partial charge in [-0.2, -0.15) is 0 Å². The van der Waals surface area contributed by atoms with Crippen LogP contribution in [0, 0.1) is 5.82 Å². The predicted molar refractivity (Wildman–Crippen MR) is 140 cm³/mol. The minimum Gasteiger partial charge on any atom is -0.386 e. The molecule has 0 saturated carbocycles. The van der Waals surface area contributed by atoms with Crippen LogP contribution in [0.5, 0.6) is 0 Å². The molecular formula is C31H34FNO2. The Morgan fingerprint density at radius 2 is 1.74 bits per heavy atom. The topological polar surface area (TPSA) is 49.3 Å². The van der Waals surface area contributed by atoms with Crippen LogP contribution in [0.15, 0.2) is 72.8 Å². The van der Waals surface area contributed by atoms with Gasteiger partial charge in [-0.25, -0.2) is 4.39 Å². The van der Waals surface area contributed by atoms with E-state index in [2.05, 4.69) is 62.5 Å². The van der Waals surface area contributed by atoms with E-state index in [9.17, 15) is 14.3 Å². The molecule has 0 saturated heterocycles. The van der Waals surface area contributed by atoms with Gasteiger partial charge in [-0.05, 0) is 77.1 Å². The van der Waals surface area contributed by atoms with Crippen molar-refractivity contribution in [2.24, 2.45) is 0 Å². The first-order valence-corrected chi connectivity index (χ1v) is 12.3. The lowest BCUT2D eigenvalue weighted by Crippen LogP contribution is -2.41. The first kappa shape index (κ1) is 24.9. The van der Waals surface area contributed by atoms with Crippen molar-refractivity contribution in [2.75, 3.05) is 0 Å². The highest BCUT2D eigenvalue weighted by atomic mass is 19.1. The smallest absolute Gasteiger partial charge is 0.252 e. The molecule has 2 atom stereocenters. The fourth-order valence-corrected chi connectivity index (χ4v) is 4.61. The van der Waals surface area contributed by atoms with E-state index >= 15 is 0 Å². The molecule has 2 N–H and O–H groups in total. The largest absolute Gasteiger partial charge is 0.386 e. The summed E-state index contributed by atoms with van der Waals surface area (Å²) in [7, 11) is 0. The summed E-state index contributed by atoms with van der Waals surface area (Å²) >= 11 is 0. The van der Waals surface area contributed by atoms with Gasteiger partial charge in [0.1, 0.15) is 5.82 Å². The molecule has 0 fully saturated rings. The molecule has 3 nitrogen and oxygen atoms in total. The van der Waals surface area contributed by atoms with Gasteiger partial charge in [0.05, 0.1) is 12.1 Å². The van der Waals surface area contributed by atoms with E-state index in [-0.39, 0.29) is 17.1 Å². The van der Waals surface area contributed by atoms with Crippen LogP contribution in [0.4, 0.5) is 4.39 Å². The molecule has 1 aliphatic rings. The van der Waals surface area contributed by atoms with Gasteiger partial charge in [0.2, 0.25) is 0 Å². The molecule has 35 heavy (non-hydrogen) atoms. The molecule has 4 heteroatoms. The van der Waals surface area contributed by atoms with Crippen LogP contribution < -0.4 is 5.32 Å². The Hall–Kier alpha value is -3.24. The highest BCUT2D eigenvalue weighted by Crippen LogP contribution is 2.26. The molecule has 1 amide bonds. The van der Waals surface area contributed by atoms with Crippen LogP contribution in [-0.4, -0.2) is 17.1 Å². The Morgan fingerprint density at radius 3 is 2.43 bits per heavy atom. The van der Waals surface area contributed by atoms with Gasteiger partial charge in [0.15, 0.2) is 0 Å². The zero-order valence-corrected chi connectivity index (χ0v) is 20.7. The molecule has 0 aromatic heterocycles. The molecule has 1 aliphatic carbocycles. The first-order chi connectivity index (χ1) is 16.7. The standard InChI is InChI=1S/C31H34FNO2/c1-31(2,3)24-16-12-21(13-17-24)20-28(29(34)23-14-18-25(32)19-15-23)33-30(35)27-11-7-9-22-8-5-4-6-10-26(22)27/h6-7,9-19,28-29,34H,4-5,8,20H2,1-3H3,(H,33,35). The Labute approximate surface area is 207 Å². The first-order valence-electron chi connectivity index (χ1n) is 12.3. The minimum atomic E-state index is -0.986. The second kappa shape index (κ2) is 10.6. The summed E-state index contributed by atoms with van der Waals surface area (Å²) < 4.78 is 13.5. The molecule has 3 aromatic rings. The highest BCUT2D eigenvalue weighted by Gasteiger charge is 2.26. The number of fused-ring (bicyclic) bond motifs is 1. The van der Waals surface area contributed by atoms with Crippen LogP contribution >= 0.6 is 0 Å². The zero-order chi connectivity index (χ0) is 25.0. The lowest BCUT2D eigenvalue weighted by atomic mass is 9.86. The number of aliphatic hydroxyl groups excluding tert-OH is 1. The van der Waals surface area contributed by atoms with Crippen molar-refractivity contribution < 1.29 is 14.3 Å². The van der Waals surface area contributed by atoms with Crippen LogP contribution in [0.25, 0.3) is 6.08 Å². The van der Waals surface area contributed by atoms with Crippen molar-refractivity contribution in [3.05, 3.63) is 112 Å². The van der Waals surface area contributed by atoms with Gasteiger partial charge < -0.3 is 10.4 Å². The highest BCUT2D eigenvalue weighted by molar-refractivity contribution is 5.98. The van der Waals surface area contributed by atoms with Crippen molar-refractivity contribution >= 4 is 12.0 Å². The van der Waals surface area contributed by atoms with Crippen molar-refractivity contribution in [3.63, 3.8) is 0 Å². The average Bonchev–Trinajstić information content (AvgIpc) is 3.09. The van der Waals surface area contributed by atoms with Crippen molar-refractivity contribution in [3.8, 4) is 0 Å². The minimum absolute atomic E-state index is 0.0401. The molecular weight excluding hydrogens is 437 g/mol. The Morgan fingerprint density at radius 1 is 1.03 bits per heavy atom. The molecule has 0 bridgehead atoms. The molecule has 182 valence electrons. The van der Waals surface area contributed by atoms with Gasteiger partial charge in [0, 0.05) is 5.56 Å². The van der Waals surface area contributed by atoms with Crippen LogP contribution in [0.3, 0.4) is 0 Å². The number of aliphatic hydroxyl groups is 1. The van der Waals surface area contributed by atoms with E-state index < -0.39 is 12.1 Å². The van der Waals surface area contributed by atoms with Crippen molar-refractivity contribution in [1.82, 2.24) is 5.32 Å². The lowest BCUT2D eigenvalue weighted by molar-refractivity contribution is 0.0832. The number of carbonyl (C=O) groups excluding carboxylic acids is 1. The maximum atomic E-state index is 13.5. The molecule has 3 aromatic carbocycles.